The minimum atomic E-state index is -3.93. The number of rotatable bonds is 10. The molecule has 37 heavy (non-hydrogen) atoms. The van der Waals surface area contributed by atoms with E-state index in [0.29, 0.717) is 33.9 Å². The Morgan fingerprint density at radius 1 is 1.11 bits per heavy atom. The van der Waals surface area contributed by atoms with Crippen molar-refractivity contribution in [3.8, 4) is 5.75 Å². The van der Waals surface area contributed by atoms with Crippen LogP contribution in [0.4, 0.5) is 5.69 Å². The van der Waals surface area contributed by atoms with E-state index < -0.39 is 16.0 Å². The van der Waals surface area contributed by atoms with Gasteiger partial charge >= 0.3 is 5.97 Å². The molecule has 0 spiro atoms. The number of oxazole rings is 1. The standard InChI is InChI=1S/C25H25N3O7S2/c1-5-34-24(30)23-15(3)26-14(2)22(23)19(29)13-36-25-27-18-12-16(10-11-21(18)35-25)37(31,32)28-17-8-6-7-9-20(17)33-4/h6-12,26,28H,5,13H2,1-4H3. The summed E-state index contributed by atoms with van der Waals surface area (Å²) in [5, 5.41) is 0.193. The van der Waals surface area contributed by atoms with E-state index in [1.54, 1.807) is 45.0 Å². The molecule has 0 saturated carbocycles. The predicted octanol–water partition coefficient (Wildman–Crippen LogP) is 4.73. The number of nitrogens with one attached hydrogen (secondary N) is 2. The molecule has 4 aromatic rings. The average molecular weight is 544 g/mol. The number of aryl methyl sites for hydroxylation is 2. The molecule has 0 aliphatic heterocycles. The number of thioether (sulfide) groups is 1. The number of methoxy groups -OCH3 is 1. The number of hydrogen-bond donors (Lipinski definition) is 2. The molecule has 12 heteroatoms. The van der Waals surface area contributed by atoms with E-state index in [4.69, 9.17) is 13.9 Å². The van der Waals surface area contributed by atoms with Gasteiger partial charge in [-0.15, -0.1) is 0 Å². The van der Waals surface area contributed by atoms with Crippen LogP contribution in [0.5, 0.6) is 5.75 Å². The van der Waals surface area contributed by atoms with E-state index in [2.05, 4.69) is 14.7 Å². The second-order valence-electron chi connectivity index (χ2n) is 7.97. The number of ether oxygens (including phenoxy) is 2. The summed E-state index contributed by atoms with van der Waals surface area (Å²) in [6.07, 6.45) is 0. The van der Waals surface area contributed by atoms with E-state index in [1.165, 1.54) is 25.3 Å². The number of para-hydroxylation sites is 2. The Kier molecular flexibility index (Phi) is 7.60. The zero-order chi connectivity index (χ0) is 26.7. The first-order chi connectivity index (χ1) is 17.6. The highest BCUT2D eigenvalue weighted by Crippen LogP contribution is 2.30. The lowest BCUT2D eigenvalue weighted by Crippen LogP contribution is -2.13. The van der Waals surface area contributed by atoms with Crippen LogP contribution < -0.4 is 9.46 Å². The highest BCUT2D eigenvalue weighted by Gasteiger charge is 2.26. The third kappa shape index (κ3) is 5.49. The number of sulfonamides is 1. The van der Waals surface area contributed by atoms with Gasteiger partial charge in [0.2, 0.25) is 0 Å². The van der Waals surface area contributed by atoms with E-state index >= 15 is 0 Å². The van der Waals surface area contributed by atoms with Crippen LogP contribution in [0.2, 0.25) is 0 Å². The Labute approximate surface area is 217 Å². The van der Waals surface area contributed by atoms with Crippen molar-refractivity contribution in [2.24, 2.45) is 0 Å². The van der Waals surface area contributed by atoms with Crippen LogP contribution in [0.3, 0.4) is 0 Å². The number of carbonyl (C=O) groups excluding carboxylic acids is 2. The van der Waals surface area contributed by atoms with E-state index in [9.17, 15) is 18.0 Å². The summed E-state index contributed by atoms with van der Waals surface area (Å²) in [7, 11) is -2.48. The molecule has 2 aromatic carbocycles. The van der Waals surface area contributed by atoms with Gasteiger partial charge in [0.05, 0.1) is 41.2 Å². The Bertz CT molecular complexity index is 1590. The normalized spacial score (nSPS) is 11.5. The number of ketones is 1. The Morgan fingerprint density at radius 3 is 2.57 bits per heavy atom. The number of aromatic nitrogens is 2. The van der Waals surface area contributed by atoms with Gasteiger partial charge in [-0.2, -0.15) is 0 Å². The summed E-state index contributed by atoms with van der Waals surface area (Å²) in [5.41, 5.74) is 2.61. The fraction of sp³-hybridized carbons (Fsp3) is 0.240. The van der Waals surface area contributed by atoms with E-state index in [1.807, 2.05) is 0 Å². The van der Waals surface area contributed by atoms with Gasteiger partial charge < -0.3 is 18.9 Å². The number of benzene rings is 2. The van der Waals surface area contributed by atoms with Crippen molar-refractivity contribution < 1.29 is 31.9 Å². The number of H-pyrrole nitrogens is 1. The highest BCUT2D eigenvalue weighted by molar-refractivity contribution is 7.99. The van der Waals surface area contributed by atoms with Crippen LogP contribution >= 0.6 is 11.8 Å². The molecule has 0 bridgehead atoms. The van der Waals surface area contributed by atoms with Crippen molar-refractivity contribution in [1.82, 2.24) is 9.97 Å². The molecule has 0 aliphatic rings. The zero-order valence-electron chi connectivity index (χ0n) is 20.6. The first kappa shape index (κ1) is 26.3. The Morgan fingerprint density at radius 2 is 1.84 bits per heavy atom. The predicted molar refractivity (Wildman–Crippen MR) is 139 cm³/mol. The molecular weight excluding hydrogens is 518 g/mol. The molecule has 0 amide bonds. The molecule has 0 saturated heterocycles. The minimum absolute atomic E-state index is 0.00988. The minimum Gasteiger partial charge on any atom is -0.495 e. The van der Waals surface area contributed by atoms with Gasteiger partial charge in [-0.1, -0.05) is 23.9 Å². The van der Waals surface area contributed by atoms with E-state index in [-0.39, 0.29) is 39.4 Å². The summed E-state index contributed by atoms with van der Waals surface area (Å²) in [5.74, 6) is -0.509. The number of carbonyl (C=O) groups is 2. The van der Waals surface area contributed by atoms with Gasteiger partial charge in [0, 0.05) is 11.4 Å². The second-order valence-corrected chi connectivity index (χ2v) is 10.6. The topological polar surface area (TPSA) is 141 Å². The van der Waals surface area contributed by atoms with E-state index in [0.717, 1.165) is 11.8 Å². The lowest BCUT2D eigenvalue weighted by molar-refractivity contribution is 0.0522. The maximum Gasteiger partial charge on any atom is 0.340 e. The number of esters is 1. The Hall–Kier alpha value is -3.77. The first-order valence-corrected chi connectivity index (χ1v) is 13.7. The van der Waals surface area contributed by atoms with Crippen LogP contribution in [0, 0.1) is 13.8 Å². The molecule has 4 rings (SSSR count). The number of aromatic amines is 1. The van der Waals surface area contributed by atoms with Crippen LogP contribution in [0.1, 0.15) is 39.0 Å². The molecule has 0 fully saturated rings. The van der Waals surface area contributed by atoms with Gasteiger partial charge in [0.25, 0.3) is 15.2 Å². The summed E-state index contributed by atoms with van der Waals surface area (Å²) < 4.78 is 44.4. The van der Waals surface area contributed by atoms with Gasteiger partial charge in [-0.05, 0) is 51.1 Å². The van der Waals surface area contributed by atoms with Crippen LogP contribution in [-0.2, 0) is 14.8 Å². The number of anilines is 1. The van der Waals surface area contributed by atoms with Crippen molar-refractivity contribution in [2.45, 2.75) is 30.9 Å². The molecule has 0 aliphatic carbocycles. The maximum absolute atomic E-state index is 13.0. The van der Waals surface area contributed by atoms with Crippen molar-refractivity contribution in [3.05, 3.63) is 65.0 Å². The number of Topliss-reactive ketones (excluding diaryl/α,β-unsaturated/α-hetero) is 1. The number of nitrogens with zero attached hydrogens (tertiary/aromatic N) is 1. The molecule has 10 nitrogen and oxygen atoms in total. The summed E-state index contributed by atoms with van der Waals surface area (Å²) in [6, 6.07) is 11.0. The highest BCUT2D eigenvalue weighted by atomic mass is 32.2. The zero-order valence-corrected chi connectivity index (χ0v) is 22.2. The lowest BCUT2D eigenvalue weighted by Gasteiger charge is -2.11. The molecule has 0 atom stereocenters. The second kappa shape index (κ2) is 10.7. The largest absolute Gasteiger partial charge is 0.495 e. The van der Waals surface area contributed by atoms with Gasteiger partial charge in [-0.3, -0.25) is 9.52 Å². The van der Waals surface area contributed by atoms with Gasteiger partial charge in [-0.25, -0.2) is 18.2 Å². The van der Waals surface area contributed by atoms with Crippen molar-refractivity contribution in [2.75, 3.05) is 24.2 Å². The molecular formula is C25H25N3O7S2. The summed E-state index contributed by atoms with van der Waals surface area (Å²) in [6.45, 7) is 5.31. The summed E-state index contributed by atoms with van der Waals surface area (Å²) in [4.78, 5) is 32.7. The van der Waals surface area contributed by atoms with Crippen LogP contribution in [-0.4, -0.2) is 49.6 Å². The molecule has 2 aromatic heterocycles. The molecule has 2 heterocycles. The average Bonchev–Trinajstić information content (AvgIpc) is 3.41. The quantitative estimate of drug-likeness (QED) is 0.165. The number of hydrogen-bond acceptors (Lipinski definition) is 9. The fourth-order valence-corrected chi connectivity index (χ4v) is 5.64. The third-order valence-electron chi connectivity index (χ3n) is 5.46. The lowest BCUT2D eigenvalue weighted by atomic mass is 10.1. The van der Waals surface area contributed by atoms with Gasteiger partial charge in [0.1, 0.15) is 11.3 Å². The first-order valence-electron chi connectivity index (χ1n) is 11.2. The van der Waals surface area contributed by atoms with Crippen molar-refractivity contribution in [3.63, 3.8) is 0 Å². The maximum atomic E-state index is 13.0. The Balaban J connectivity index is 1.52. The summed E-state index contributed by atoms with van der Waals surface area (Å²) >= 11 is 1.05. The monoisotopic (exact) mass is 543 g/mol. The third-order valence-corrected chi connectivity index (χ3v) is 7.65. The molecule has 194 valence electrons. The molecule has 0 radical (unpaired) electrons. The van der Waals surface area contributed by atoms with Crippen LogP contribution in [0.15, 0.2) is 57.0 Å². The van der Waals surface area contributed by atoms with Gasteiger partial charge in [0.15, 0.2) is 11.4 Å². The smallest absolute Gasteiger partial charge is 0.340 e. The fourth-order valence-electron chi connectivity index (χ4n) is 3.84. The van der Waals surface area contributed by atoms with Crippen molar-refractivity contribution >= 4 is 50.3 Å². The molecule has 0 unspecified atom stereocenters. The van der Waals surface area contributed by atoms with Crippen LogP contribution in [0.25, 0.3) is 11.1 Å². The number of fused-ring (bicyclic) bond motifs is 1. The SMILES string of the molecule is CCOC(=O)c1c(C)[nH]c(C)c1C(=O)CSc1nc2cc(S(=O)(=O)Nc3ccccc3OC)ccc2o1. The van der Waals surface area contributed by atoms with Crippen molar-refractivity contribution in [1.29, 1.82) is 0 Å². The molecule has 2 N–H and O–H groups in total.